The first-order chi connectivity index (χ1) is 9.81. The zero-order valence-corrected chi connectivity index (χ0v) is 13.1. The lowest BCUT2D eigenvalue weighted by molar-refractivity contribution is -0.232. The van der Waals surface area contributed by atoms with E-state index in [0.717, 1.165) is 6.54 Å². The lowest BCUT2D eigenvalue weighted by atomic mass is 9.99. The van der Waals surface area contributed by atoms with Crippen molar-refractivity contribution in [1.29, 1.82) is 0 Å². The van der Waals surface area contributed by atoms with Crippen LogP contribution >= 0.6 is 0 Å². The Labute approximate surface area is 125 Å². The van der Waals surface area contributed by atoms with Crippen LogP contribution < -0.4 is 11.1 Å². The Balaban J connectivity index is 1.75. The van der Waals surface area contributed by atoms with E-state index in [1.807, 2.05) is 27.7 Å². The molecule has 0 radical (unpaired) electrons. The smallest absolute Gasteiger partial charge is 0.190 e. The van der Waals surface area contributed by atoms with Gasteiger partial charge in [-0.1, -0.05) is 0 Å². The fourth-order valence-electron chi connectivity index (χ4n) is 3.20. The van der Waals surface area contributed by atoms with Gasteiger partial charge in [-0.25, -0.2) is 0 Å². The number of hydrogen-bond donors (Lipinski definition) is 2. The highest BCUT2D eigenvalue weighted by atomic mass is 16.9. The van der Waals surface area contributed by atoms with Crippen LogP contribution in [0.25, 0.3) is 0 Å². The number of ether oxygens (including phenoxy) is 5. The lowest BCUT2D eigenvalue weighted by Gasteiger charge is -2.37. The van der Waals surface area contributed by atoms with Crippen molar-refractivity contribution in [2.75, 3.05) is 19.6 Å². The van der Waals surface area contributed by atoms with Crippen molar-refractivity contribution in [3.05, 3.63) is 0 Å². The van der Waals surface area contributed by atoms with Gasteiger partial charge in [0.05, 0.1) is 0 Å². The minimum atomic E-state index is -0.671. The third kappa shape index (κ3) is 3.10. The van der Waals surface area contributed by atoms with E-state index in [4.69, 9.17) is 29.4 Å². The van der Waals surface area contributed by atoms with E-state index in [1.165, 1.54) is 0 Å². The third-order valence-electron chi connectivity index (χ3n) is 3.92. The molecule has 7 nitrogen and oxygen atoms in total. The molecular formula is C14H26N2O5. The van der Waals surface area contributed by atoms with Gasteiger partial charge in [-0.05, 0) is 27.7 Å². The van der Waals surface area contributed by atoms with E-state index in [1.54, 1.807) is 0 Å². The Kier molecular flexibility index (Phi) is 4.03. The summed E-state index contributed by atoms with van der Waals surface area (Å²) in [5.41, 5.74) is 5.51. The second-order valence-corrected chi connectivity index (χ2v) is 6.70. The van der Waals surface area contributed by atoms with Crippen LogP contribution in [0.5, 0.6) is 0 Å². The van der Waals surface area contributed by atoms with E-state index >= 15 is 0 Å². The molecular weight excluding hydrogens is 276 g/mol. The fraction of sp³-hybridized carbons (Fsp3) is 1.00. The minimum absolute atomic E-state index is 0.151. The van der Waals surface area contributed by atoms with Crippen molar-refractivity contribution in [3.8, 4) is 0 Å². The van der Waals surface area contributed by atoms with Gasteiger partial charge in [-0.3, -0.25) is 0 Å². The van der Waals surface area contributed by atoms with Crippen LogP contribution in [0.3, 0.4) is 0 Å². The van der Waals surface area contributed by atoms with Crippen LogP contribution in [0.4, 0.5) is 0 Å². The van der Waals surface area contributed by atoms with Crippen LogP contribution in [-0.2, 0) is 23.7 Å². The summed E-state index contributed by atoms with van der Waals surface area (Å²) in [5.74, 6) is -1.31. The van der Waals surface area contributed by atoms with Crippen molar-refractivity contribution in [2.24, 2.45) is 5.73 Å². The monoisotopic (exact) mass is 302 g/mol. The topological polar surface area (TPSA) is 84.2 Å². The van der Waals surface area contributed by atoms with Crippen molar-refractivity contribution >= 4 is 0 Å². The summed E-state index contributed by atoms with van der Waals surface area (Å²) in [6.45, 7) is 9.54. The second-order valence-electron chi connectivity index (χ2n) is 6.70. The van der Waals surface area contributed by atoms with Gasteiger partial charge in [0.2, 0.25) is 0 Å². The molecule has 122 valence electrons. The van der Waals surface area contributed by atoms with E-state index in [-0.39, 0.29) is 24.4 Å². The summed E-state index contributed by atoms with van der Waals surface area (Å²) < 4.78 is 29.9. The Bertz CT molecular complexity index is 390. The Morgan fingerprint density at radius 1 is 0.905 bits per heavy atom. The Morgan fingerprint density at radius 3 is 2.24 bits per heavy atom. The molecule has 5 atom stereocenters. The second kappa shape index (κ2) is 5.42. The molecule has 7 heteroatoms. The van der Waals surface area contributed by atoms with Crippen LogP contribution in [-0.4, -0.2) is 61.9 Å². The highest BCUT2D eigenvalue weighted by Crippen LogP contribution is 2.43. The molecule has 3 fully saturated rings. The molecule has 0 bridgehead atoms. The first-order valence-corrected chi connectivity index (χ1v) is 7.59. The molecule has 0 amide bonds. The summed E-state index contributed by atoms with van der Waals surface area (Å²) in [7, 11) is 0. The first kappa shape index (κ1) is 15.6. The predicted molar refractivity (Wildman–Crippen MR) is 74.4 cm³/mol. The van der Waals surface area contributed by atoms with Gasteiger partial charge in [0.1, 0.15) is 24.4 Å². The number of rotatable bonds is 4. The normalized spacial score (nSPS) is 43.6. The Morgan fingerprint density at radius 2 is 1.52 bits per heavy atom. The van der Waals surface area contributed by atoms with Gasteiger partial charge in [0.15, 0.2) is 17.9 Å². The van der Waals surface area contributed by atoms with Crippen molar-refractivity contribution in [3.63, 3.8) is 0 Å². The maximum absolute atomic E-state index is 6.04. The highest BCUT2D eigenvalue weighted by molar-refractivity contribution is 5.00. The van der Waals surface area contributed by atoms with E-state index in [2.05, 4.69) is 5.32 Å². The van der Waals surface area contributed by atoms with E-state index in [9.17, 15) is 0 Å². The van der Waals surface area contributed by atoms with Gasteiger partial charge in [0.25, 0.3) is 0 Å². The number of nitrogens with two attached hydrogens (primary N) is 1. The van der Waals surface area contributed by atoms with E-state index in [0.29, 0.717) is 13.1 Å². The number of fused-ring (bicyclic) bond motifs is 3. The maximum atomic E-state index is 6.04. The molecule has 3 N–H and O–H groups in total. The van der Waals surface area contributed by atoms with Crippen LogP contribution in [0.2, 0.25) is 0 Å². The van der Waals surface area contributed by atoms with Gasteiger partial charge >= 0.3 is 0 Å². The molecule has 3 saturated heterocycles. The van der Waals surface area contributed by atoms with Crippen molar-refractivity contribution < 1.29 is 23.7 Å². The summed E-state index contributed by atoms with van der Waals surface area (Å²) >= 11 is 0. The van der Waals surface area contributed by atoms with Gasteiger partial charge in [-0.2, -0.15) is 0 Å². The molecule has 0 aromatic rings. The van der Waals surface area contributed by atoms with Gasteiger partial charge < -0.3 is 34.7 Å². The number of hydrogen-bond acceptors (Lipinski definition) is 7. The zero-order valence-electron chi connectivity index (χ0n) is 13.1. The van der Waals surface area contributed by atoms with Crippen molar-refractivity contribution in [1.82, 2.24) is 5.32 Å². The standard InChI is InChI=1S/C14H26N2O5/c1-13(2)18-9-8(7-16-6-5-15)17-12-11(10(9)19-13)20-14(3,4)21-12/h8-12,16H,5-7,15H2,1-4H3/t8-,9+,10+,11-,12-/m1/s1. The molecule has 3 rings (SSSR count). The number of nitrogens with one attached hydrogen (secondary N) is 1. The summed E-state index contributed by atoms with van der Waals surface area (Å²) in [6, 6.07) is 0. The van der Waals surface area contributed by atoms with Crippen LogP contribution in [0.1, 0.15) is 27.7 Å². The Hall–Kier alpha value is -0.280. The third-order valence-corrected chi connectivity index (χ3v) is 3.92. The fourth-order valence-corrected chi connectivity index (χ4v) is 3.20. The summed E-state index contributed by atoms with van der Waals surface area (Å²) in [4.78, 5) is 0. The molecule has 21 heavy (non-hydrogen) atoms. The summed E-state index contributed by atoms with van der Waals surface area (Å²) in [6.07, 6.45) is -1.21. The van der Waals surface area contributed by atoms with Crippen molar-refractivity contribution in [2.45, 2.75) is 70.0 Å². The molecule has 0 spiro atoms. The lowest BCUT2D eigenvalue weighted by Crippen LogP contribution is -2.57. The maximum Gasteiger partial charge on any atom is 0.190 e. The predicted octanol–water partition coefficient (Wildman–Crippen LogP) is -0.0688. The molecule has 0 aromatic carbocycles. The first-order valence-electron chi connectivity index (χ1n) is 7.59. The minimum Gasteiger partial charge on any atom is -0.342 e. The van der Waals surface area contributed by atoms with Gasteiger partial charge in [0, 0.05) is 19.6 Å². The average Bonchev–Trinajstić information content (AvgIpc) is 2.84. The van der Waals surface area contributed by atoms with Crippen LogP contribution in [0, 0.1) is 0 Å². The highest BCUT2D eigenvalue weighted by Gasteiger charge is 2.60. The van der Waals surface area contributed by atoms with E-state index < -0.39 is 17.9 Å². The molecule has 3 heterocycles. The quantitative estimate of drug-likeness (QED) is 0.703. The molecule has 3 aliphatic heterocycles. The largest absolute Gasteiger partial charge is 0.342 e. The van der Waals surface area contributed by atoms with Crippen LogP contribution in [0.15, 0.2) is 0 Å². The average molecular weight is 302 g/mol. The summed E-state index contributed by atoms with van der Waals surface area (Å²) in [5, 5.41) is 3.26. The molecule has 0 unspecified atom stereocenters. The SMILES string of the molecule is CC1(C)O[C@H]2[C@@H](O1)[C@@H](CNCCN)O[C@@H]1OC(C)(C)O[C@@H]12. The molecule has 0 saturated carbocycles. The molecule has 0 aromatic heterocycles. The molecule has 0 aliphatic carbocycles. The zero-order chi connectivity index (χ0) is 15.3. The molecule has 3 aliphatic rings. The van der Waals surface area contributed by atoms with Gasteiger partial charge in [-0.15, -0.1) is 0 Å².